The Bertz CT molecular complexity index is 363. The van der Waals surface area contributed by atoms with E-state index in [1.165, 1.54) is 5.56 Å². The summed E-state index contributed by atoms with van der Waals surface area (Å²) in [4.78, 5) is 2.53. The predicted octanol–water partition coefficient (Wildman–Crippen LogP) is 2.91. The molecule has 0 saturated heterocycles. The van der Waals surface area contributed by atoms with Gasteiger partial charge in [-0.2, -0.15) is 0 Å². The highest BCUT2D eigenvalue weighted by atomic mass is 16.3. The van der Waals surface area contributed by atoms with Gasteiger partial charge in [-0.15, -0.1) is 0 Å². The fraction of sp³-hybridized carbons (Fsp3) is 0.647. The maximum absolute atomic E-state index is 9.11. The summed E-state index contributed by atoms with van der Waals surface area (Å²) in [6, 6.07) is 8.23. The predicted molar refractivity (Wildman–Crippen MR) is 85.4 cm³/mol. The monoisotopic (exact) mass is 278 g/mol. The molecule has 0 atom stereocenters. The molecule has 0 fully saturated rings. The summed E-state index contributed by atoms with van der Waals surface area (Å²) < 4.78 is 0. The summed E-state index contributed by atoms with van der Waals surface area (Å²) in [5.41, 5.74) is 8.44. The van der Waals surface area contributed by atoms with Crippen molar-refractivity contribution >= 4 is 0 Å². The lowest BCUT2D eigenvalue weighted by Gasteiger charge is -2.42. The van der Waals surface area contributed by atoms with Crippen LogP contribution in [0.1, 0.15) is 51.2 Å². The zero-order valence-corrected chi connectivity index (χ0v) is 13.2. The van der Waals surface area contributed by atoms with Crippen molar-refractivity contribution in [2.45, 2.75) is 58.7 Å². The molecule has 3 N–H and O–H groups in total. The lowest BCUT2D eigenvalue weighted by Crippen LogP contribution is -2.53. The Labute approximate surface area is 123 Å². The van der Waals surface area contributed by atoms with Crippen LogP contribution in [0.4, 0.5) is 0 Å². The molecule has 3 heteroatoms. The highest BCUT2D eigenvalue weighted by molar-refractivity contribution is 5.22. The third-order valence-electron chi connectivity index (χ3n) is 4.44. The molecule has 1 aromatic rings. The third kappa shape index (κ3) is 4.05. The Balaban J connectivity index is 2.89. The molecular formula is C17H30N2O. The Kier molecular flexibility index (Phi) is 7.20. The van der Waals surface area contributed by atoms with Crippen LogP contribution in [-0.4, -0.2) is 28.6 Å². The largest absolute Gasteiger partial charge is 0.392 e. The van der Waals surface area contributed by atoms with Crippen molar-refractivity contribution in [3.63, 3.8) is 0 Å². The van der Waals surface area contributed by atoms with E-state index in [9.17, 15) is 0 Å². The Morgan fingerprint density at radius 2 is 1.60 bits per heavy atom. The molecule has 0 aliphatic rings. The molecule has 0 aromatic heterocycles. The number of rotatable bonds is 9. The molecule has 0 unspecified atom stereocenters. The zero-order chi connectivity index (χ0) is 15.0. The highest BCUT2D eigenvalue weighted by Gasteiger charge is 2.31. The number of nitrogens with zero attached hydrogens (tertiary/aromatic N) is 1. The molecule has 0 spiro atoms. The smallest absolute Gasteiger partial charge is 0.0681 e. The number of benzene rings is 1. The number of aliphatic hydroxyl groups is 1. The summed E-state index contributed by atoms with van der Waals surface area (Å²) in [7, 11) is 0. The Hall–Kier alpha value is -0.900. The van der Waals surface area contributed by atoms with Crippen LogP contribution in [0.25, 0.3) is 0 Å². The van der Waals surface area contributed by atoms with Gasteiger partial charge in [0, 0.05) is 18.6 Å². The fourth-order valence-electron chi connectivity index (χ4n) is 2.84. The van der Waals surface area contributed by atoms with Crippen LogP contribution >= 0.6 is 0 Å². The normalized spacial score (nSPS) is 12.1. The lowest BCUT2D eigenvalue weighted by atomic mass is 9.89. The number of hydrogen-bond donors (Lipinski definition) is 2. The van der Waals surface area contributed by atoms with E-state index in [0.29, 0.717) is 6.54 Å². The molecule has 0 radical (unpaired) electrons. The second-order valence-corrected chi connectivity index (χ2v) is 5.53. The zero-order valence-electron chi connectivity index (χ0n) is 13.2. The van der Waals surface area contributed by atoms with E-state index in [1.54, 1.807) is 0 Å². The quantitative estimate of drug-likeness (QED) is 0.730. The van der Waals surface area contributed by atoms with Crippen molar-refractivity contribution in [1.82, 2.24) is 4.90 Å². The number of nitrogens with two attached hydrogens (primary N) is 1. The van der Waals surface area contributed by atoms with Gasteiger partial charge in [-0.25, -0.2) is 0 Å². The van der Waals surface area contributed by atoms with E-state index in [1.807, 2.05) is 12.1 Å². The minimum atomic E-state index is 0.103. The Morgan fingerprint density at radius 1 is 1.05 bits per heavy atom. The fourth-order valence-corrected chi connectivity index (χ4v) is 2.84. The van der Waals surface area contributed by atoms with Gasteiger partial charge in [-0.3, -0.25) is 4.90 Å². The van der Waals surface area contributed by atoms with Gasteiger partial charge in [0.1, 0.15) is 0 Å². The van der Waals surface area contributed by atoms with Crippen LogP contribution in [0.2, 0.25) is 0 Å². The molecule has 0 bridgehead atoms. The first-order valence-corrected chi connectivity index (χ1v) is 7.79. The SMILES string of the molecule is CCCN(Cc1ccc(CO)cc1)C(CC)(CC)CN. The Morgan fingerprint density at radius 3 is 2.00 bits per heavy atom. The van der Waals surface area contributed by atoms with Gasteiger partial charge < -0.3 is 10.8 Å². The third-order valence-corrected chi connectivity index (χ3v) is 4.44. The molecule has 0 aliphatic heterocycles. The van der Waals surface area contributed by atoms with Crippen molar-refractivity contribution in [3.05, 3.63) is 35.4 Å². The maximum atomic E-state index is 9.11. The van der Waals surface area contributed by atoms with Crippen LogP contribution in [0.5, 0.6) is 0 Å². The molecule has 1 aromatic carbocycles. The van der Waals surface area contributed by atoms with Crippen molar-refractivity contribution < 1.29 is 5.11 Å². The first-order valence-electron chi connectivity index (χ1n) is 7.79. The van der Waals surface area contributed by atoms with E-state index in [4.69, 9.17) is 10.8 Å². The second kappa shape index (κ2) is 8.40. The summed E-state index contributed by atoms with van der Waals surface area (Å²) in [6.45, 7) is 9.49. The van der Waals surface area contributed by atoms with E-state index < -0.39 is 0 Å². The van der Waals surface area contributed by atoms with Gasteiger partial charge in [0.2, 0.25) is 0 Å². The van der Waals surface area contributed by atoms with Crippen molar-refractivity contribution in [3.8, 4) is 0 Å². The molecule has 0 saturated carbocycles. The van der Waals surface area contributed by atoms with Gasteiger partial charge in [0.05, 0.1) is 6.61 Å². The van der Waals surface area contributed by atoms with E-state index >= 15 is 0 Å². The average molecular weight is 278 g/mol. The van der Waals surface area contributed by atoms with Crippen LogP contribution < -0.4 is 5.73 Å². The summed E-state index contributed by atoms with van der Waals surface area (Å²) >= 11 is 0. The van der Waals surface area contributed by atoms with Gasteiger partial charge in [-0.1, -0.05) is 45.0 Å². The van der Waals surface area contributed by atoms with Crippen LogP contribution in [-0.2, 0) is 13.2 Å². The first-order chi connectivity index (χ1) is 9.65. The molecule has 20 heavy (non-hydrogen) atoms. The van der Waals surface area contributed by atoms with Crippen LogP contribution in [0.3, 0.4) is 0 Å². The van der Waals surface area contributed by atoms with Crippen LogP contribution in [0.15, 0.2) is 24.3 Å². The second-order valence-electron chi connectivity index (χ2n) is 5.53. The van der Waals surface area contributed by atoms with Gasteiger partial charge in [0.15, 0.2) is 0 Å². The summed E-state index contributed by atoms with van der Waals surface area (Å²) in [5.74, 6) is 0. The van der Waals surface area contributed by atoms with Crippen molar-refractivity contribution in [2.24, 2.45) is 5.73 Å². The van der Waals surface area contributed by atoms with Gasteiger partial charge >= 0.3 is 0 Å². The number of hydrogen-bond acceptors (Lipinski definition) is 3. The molecule has 0 heterocycles. The van der Waals surface area contributed by atoms with E-state index in [2.05, 4.69) is 37.8 Å². The summed E-state index contributed by atoms with van der Waals surface area (Å²) in [6.07, 6.45) is 3.29. The highest BCUT2D eigenvalue weighted by Crippen LogP contribution is 2.25. The molecular weight excluding hydrogens is 248 g/mol. The van der Waals surface area contributed by atoms with E-state index in [-0.39, 0.29) is 12.1 Å². The van der Waals surface area contributed by atoms with Gasteiger partial charge in [-0.05, 0) is 36.9 Å². The summed E-state index contributed by atoms with van der Waals surface area (Å²) in [5, 5.41) is 9.11. The average Bonchev–Trinajstić information content (AvgIpc) is 2.50. The van der Waals surface area contributed by atoms with Crippen molar-refractivity contribution in [1.29, 1.82) is 0 Å². The minimum Gasteiger partial charge on any atom is -0.392 e. The maximum Gasteiger partial charge on any atom is 0.0681 e. The van der Waals surface area contributed by atoms with Crippen LogP contribution in [0, 0.1) is 0 Å². The topological polar surface area (TPSA) is 49.5 Å². The minimum absolute atomic E-state index is 0.103. The first kappa shape index (κ1) is 17.2. The molecule has 114 valence electrons. The van der Waals surface area contributed by atoms with Crippen molar-refractivity contribution in [2.75, 3.05) is 13.1 Å². The standard InChI is InChI=1S/C17H30N2O/c1-4-11-19(17(5-2,6-3)14-18)12-15-7-9-16(13-20)10-8-15/h7-10,20H,4-6,11-14,18H2,1-3H3. The van der Waals surface area contributed by atoms with Gasteiger partial charge in [0.25, 0.3) is 0 Å². The number of aliphatic hydroxyl groups excluding tert-OH is 1. The van der Waals surface area contributed by atoms with E-state index in [0.717, 1.165) is 37.9 Å². The molecule has 3 nitrogen and oxygen atoms in total. The molecule has 0 aliphatic carbocycles. The molecule has 1 rings (SSSR count). The molecule has 0 amide bonds. The lowest BCUT2D eigenvalue weighted by molar-refractivity contribution is 0.0766.